The summed E-state index contributed by atoms with van der Waals surface area (Å²) in [5.41, 5.74) is -1.93. The van der Waals surface area contributed by atoms with Crippen LogP contribution in [0.25, 0.3) is 0 Å². The Labute approximate surface area is 307 Å². The van der Waals surface area contributed by atoms with Crippen LogP contribution in [0, 0.1) is 22.7 Å². The van der Waals surface area contributed by atoms with Crippen LogP contribution in [-0.2, 0) is 21.9 Å². The number of amides is 2. The summed E-state index contributed by atoms with van der Waals surface area (Å²) in [6.07, 6.45) is 4.14. The Morgan fingerprint density at radius 3 is 2.34 bits per heavy atom. The Bertz CT molecular complexity index is 1700. The van der Waals surface area contributed by atoms with E-state index in [1.807, 2.05) is 32.1 Å². The molecule has 9 nitrogen and oxygen atoms in total. The molecule has 0 bridgehead atoms. The first-order valence-corrected chi connectivity index (χ1v) is 18.0. The number of nitrogens with zero attached hydrogens (tertiary/aromatic N) is 4. The first kappa shape index (κ1) is 42.8. The van der Waals surface area contributed by atoms with E-state index in [2.05, 4.69) is 11.1 Å². The molecule has 2 unspecified atom stereocenters. The van der Waals surface area contributed by atoms with Crippen molar-refractivity contribution in [2.75, 3.05) is 19.6 Å². The molecule has 16 heteroatoms. The molecule has 0 spiro atoms. The average Bonchev–Trinajstić information content (AvgIpc) is 3.57. The van der Waals surface area contributed by atoms with E-state index in [0.717, 1.165) is 29.3 Å². The van der Waals surface area contributed by atoms with E-state index in [0.29, 0.717) is 69.0 Å². The predicted molar refractivity (Wildman–Crippen MR) is 185 cm³/mol. The number of thiophene rings is 1. The number of allylic oxidation sites excluding steroid dienone is 6. The van der Waals surface area contributed by atoms with Gasteiger partial charge in [-0.3, -0.25) is 19.4 Å². The molecule has 2 N–H and O–H groups in total. The van der Waals surface area contributed by atoms with Crippen LogP contribution in [0.1, 0.15) is 86.1 Å². The average molecular weight is 769 g/mol. The number of alkyl halides is 6. The van der Waals surface area contributed by atoms with Gasteiger partial charge in [-0.15, -0.1) is 11.3 Å². The molecule has 2 aliphatic rings. The predicted octanol–water partition coefficient (Wildman–Crippen LogP) is 8.65. The summed E-state index contributed by atoms with van der Waals surface area (Å²) in [6, 6.07) is 4.54. The highest BCUT2D eigenvalue weighted by molar-refractivity contribution is 7.10. The Morgan fingerprint density at radius 1 is 1.11 bits per heavy atom. The summed E-state index contributed by atoms with van der Waals surface area (Å²) in [5, 5.41) is 28.9. The molecule has 2 atom stereocenters. The molecule has 2 aromatic heterocycles. The van der Waals surface area contributed by atoms with E-state index in [9.17, 15) is 46.0 Å². The van der Waals surface area contributed by atoms with Crippen molar-refractivity contribution in [1.82, 2.24) is 14.8 Å². The maximum Gasteiger partial charge on any atom is 0.425 e. The van der Waals surface area contributed by atoms with E-state index in [1.54, 1.807) is 17.1 Å². The second-order valence-corrected chi connectivity index (χ2v) is 13.6. The van der Waals surface area contributed by atoms with Crippen molar-refractivity contribution in [2.24, 2.45) is 11.3 Å². The molecule has 4 heterocycles. The molecule has 2 saturated heterocycles. The number of carboxylic acids is 1. The second kappa shape index (κ2) is 18.9. The minimum atomic E-state index is -4.74. The topological polar surface area (TPSA) is 135 Å². The lowest BCUT2D eigenvalue weighted by Crippen LogP contribution is -2.55. The van der Waals surface area contributed by atoms with Crippen LogP contribution in [-0.4, -0.2) is 68.5 Å². The fourth-order valence-corrected chi connectivity index (χ4v) is 7.16. The first-order chi connectivity index (χ1) is 25.0. The molecule has 2 fully saturated rings. The largest absolute Gasteiger partial charge is 0.507 e. The van der Waals surface area contributed by atoms with Crippen LogP contribution in [0.2, 0.25) is 0 Å². The smallest absolute Gasteiger partial charge is 0.425 e. The van der Waals surface area contributed by atoms with E-state index >= 15 is 0 Å². The maximum atomic E-state index is 13.9. The molecule has 0 radical (unpaired) electrons. The van der Waals surface area contributed by atoms with Crippen LogP contribution in [0.5, 0.6) is 5.75 Å². The zero-order chi connectivity index (χ0) is 39.4. The molecule has 2 amide bonds. The van der Waals surface area contributed by atoms with Gasteiger partial charge in [-0.2, -0.15) is 31.6 Å². The fraction of sp³-hybridized carbons (Fsp3) is 0.486. The van der Waals surface area contributed by atoms with Gasteiger partial charge in [-0.25, -0.2) is 0 Å². The zero-order valence-corrected chi connectivity index (χ0v) is 30.1. The van der Waals surface area contributed by atoms with Crippen LogP contribution in [0.3, 0.4) is 0 Å². The van der Waals surface area contributed by atoms with Crippen molar-refractivity contribution in [2.45, 2.75) is 83.6 Å². The lowest BCUT2D eigenvalue weighted by Gasteiger charge is -2.44. The van der Waals surface area contributed by atoms with Gasteiger partial charge in [0.2, 0.25) is 5.91 Å². The summed E-state index contributed by atoms with van der Waals surface area (Å²) in [7, 11) is 0. The number of aliphatic carboxylic acids is 1. The summed E-state index contributed by atoms with van der Waals surface area (Å²) >= 11 is 0.481. The Kier molecular flexibility index (Phi) is 15.3. The van der Waals surface area contributed by atoms with Crippen LogP contribution >= 0.6 is 11.3 Å². The van der Waals surface area contributed by atoms with Gasteiger partial charge in [-0.05, 0) is 63.2 Å². The molecule has 0 aliphatic carbocycles. The quantitative estimate of drug-likeness (QED) is 0.183. The SMILES string of the molecule is C\C=C/C=C\C(=C\CCC(=O)O)C1(C#N)CCN(C(=O)C2CCCN(C(=O)c3ncccc3C(F)(F)F)C2CCC)CC1.Oc1csc(C(F)(F)F)c1. The van der Waals surface area contributed by atoms with Crippen molar-refractivity contribution < 1.29 is 50.9 Å². The molecule has 0 saturated carbocycles. The van der Waals surface area contributed by atoms with Gasteiger partial charge in [0.15, 0.2) is 0 Å². The number of likely N-dealkylation sites (tertiary alicyclic amines) is 2. The lowest BCUT2D eigenvalue weighted by molar-refractivity contribution is -0.141. The summed E-state index contributed by atoms with van der Waals surface area (Å²) < 4.78 is 76.1. The van der Waals surface area contributed by atoms with Crippen molar-refractivity contribution in [3.8, 4) is 11.8 Å². The number of carboxylic acid groups (broad SMARTS) is 1. The number of carbonyl (C=O) groups excluding carboxylic acids is 2. The van der Waals surface area contributed by atoms with Crippen LogP contribution in [0.4, 0.5) is 26.3 Å². The van der Waals surface area contributed by atoms with Gasteiger partial charge in [-0.1, -0.05) is 43.7 Å². The fourth-order valence-electron chi connectivity index (χ4n) is 6.52. The van der Waals surface area contributed by atoms with Gasteiger partial charge in [0, 0.05) is 49.7 Å². The van der Waals surface area contributed by atoms with E-state index < -0.39 is 57.7 Å². The van der Waals surface area contributed by atoms with Crippen molar-refractivity contribution >= 4 is 29.1 Å². The zero-order valence-electron chi connectivity index (χ0n) is 29.3. The molecular formula is C37H42F6N4O5S. The number of rotatable bonds is 10. The number of nitriles is 1. The number of hydrogen-bond donors (Lipinski definition) is 2. The third-order valence-electron chi connectivity index (χ3n) is 9.12. The van der Waals surface area contributed by atoms with E-state index in [4.69, 9.17) is 10.2 Å². The maximum absolute atomic E-state index is 13.9. The highest BCUT2D eigenvalue weighted by atomic mass is 32.1. The molecule has 288 valence electrons. The van der Waals surface area contributed by atoms with Crippen molar-refractivity contribution in [3.63, 3.8) is 0 Å². The van der Waals surface area contributed by atoms with Crippen molar-refractivity contribution in [1.29, 1.82) is 5.26 Å². The molecule has 2 aliphatic heterocycles. The number of halogens is 6. The monoisotopic (exact) mass is 768 g/mol. The van der Waals surface area contributed by atoms with E-state index in [1.165, 1.54) is 4.90 Å². The Morgan fingerprint density at radius 2 is 1.81 bits per heavy atom. The summed E-state index contributed by atoms with van der Waals surface area (Å²) in [4.78, 5) is 44.6. The van der Waals surface area contributed by atoms with Gasteiger partial charge >= 0.3 is 18.3 Å². The Hall–Kier alpha value is -4.65. The van der Waals surface area contributed by atoms with E-state index in [-0.39, 0.29) is 31.0 Å². The molecular weight excluding hydrogens is 726 g/mol. The lowest BCUT2D eigenvalue weighted by atomic mass is 9.72. The van der Waals surface area contributed by atoms with Gasteiger partial charge in [0.1, 0.15) is 16.3 Å². The number of aromatic nitrogens is 1. The third-order valence-corrected chi connectivity index (χ3v) is 10.1. The van der Waals surface area contributed by atoms with Gasteiger partial charge in [0.25, 0.3) is 5.91 Å². The standard InChI is InChI=1S/C32H39F3N4O4.C5H3F3OS/c1-3-5-6-11-23(12-7-15-27(40)41)31(22-36)16-20-38(21-17-31)29(42)24-13-9-19-39(26(24)10-4-2)30(43)28-25(32(33,34)35)14-8-18-37-28;6-5(7,8)4-1-3(9)2-10-4/h3,5-6,8,11-12,14,18,24,26H,4,7,9-10,13,15-17,19-21H2,1-2H3,(H,40,41);1-2,9H/b5-3-,11-6-,23-12-;. The number of piperidine rings is 2. The van der Waals surface area contributed by atoms with Gasteiger partial charge < -0.3 is 20.0 Å². The highest BCUT2D eigenvalue weighted by Crippen LogP contribution is 2.41. The minimum Gasteiger partial charge on any atom is -0.507 e. The summed E-state index contributed by atoms with van der Waals surface area (Å²) in [5.74, 6) is -2.84. The van der Waals surface area contributed by atoms with Crippen LogP contribution < -0.4 is 0 Å². The number of aromatic hydroxyl groups is 1. The second-order valence-electron chi connectivity index (χ2n) is 12.7. The Balaban J connectivity index is 0.000000651. The highest BCUT2D eigenvalue weighted by Gasteiger charge is 2.45. The normalized spacial score (nSPS) is 19.5. The van der Waals surface area contributed by atoms with Crippen molar-refractivity contribution in [3.05, 3.63) is 81.9 Å². The number of pyridine rings is 1. The molecule has 2 aromatic rings. The van der Waals surface area contributed by atoms with Crippen LogP contribution in [0.15, 0.2) is 65.7 Å². The van der Waals surface area contributed by atoms with Gasteiger partial charge in [0.05, 0.1) is 23.0 Å². The number of carbonyl (C=O) groups is 3. The minimum absolute atomic E-state index is 0.0637. The first-order valence-electron chi connectivity index (χ1n) is 17.1. The molecule has 4 rings (SSSR count). The molecule has 53 heavy (non-hydrogen) atoms. The third kappa shape index (κ3) is 11.4. The number of hydrogen-bond acceptors (Lipinski definition) is 7. The summed E-state index contributed by atoms with van der Waals surface area (Å²) in [6.45, 7) is 4.59. The molecule has 0 aromatic carbocycles.